The van der Waals surface area contributed by atoms with Crippen molar-refractivity contribution < 1.29 is 5.11 Å². The second-order valence-electron chi connectivity index (χ2n) is 5.83. The van der Waals surface area contributed by atoms with Crippen LogP contribution in [-0.4, -0.2) is 38.1 Å². The van der Waals surface area contributed by atoms with Gasteiger partial charge in [0.1, 0.15) is 5.65 Å². The van der Waals surface area contributed by atoms with Crippen LogP contribution in [0.5, 0.6) is 0 Å². The van der Waals surface area contributed by atoms with E-state index in [1.165, 1.54) is 4.40 Å². The van der Waals surface area contributed by atoms with Crippen LogP contribution in [0.15, 0.2) is 35.3 Å². The zero-order valence-electron chi connectivity index (χ0n) is 11.6. The minimum Gasteiger partial charge on any atom is -0.389 e. The zero-order valence-corrected chi connectivity index (χ0v) is 11.6. The van der Waals surface area contributed by atoms with E-state index in [9.17, 15) is 9.90 Å². The lowest BCUT2D eigenvalue weighted by molar-refractivity contribution is -0.0184. The third kappa shape index (κ3) is 2.73. The minimum atomic E-state index is -0.635. The van der Waals surface area contributed by atoms with Gasteiger partial charge in [0.05, 0.1) is 11.3 Å². The summed E-state index contributed by atoms with van der Waals surface area (Å²) >= 11 is 0. The molecule has 0 amide bonds. The van der Waals surface area contributed by atoms with Gasteiger partial charge in [-0.3, -0.25) is 14.1 Å². The Balaban J connectivity index is 1.86. The Kier molecular flexibility index (Phi) is 3.31. The van der Waals surface area contributed by atoms with Gasteiger partial charge in [-0.2, -0.15) is 0 Å². The van der Waals surface area contributed by atoms with E-state index >= 15 is 0 Å². The molecule has 1 aliphatic rings. The lowest BCUT2D eigenvalue weighted by Crippen LogP contribution is -2.45. The molecule has 3 heterocycles. The summed E-state index contributed by atoms with van der Waals surface area (Å²) in [5.74, 6) is 0. The van der Waals surface area contributed by atoms with Crippen LogP contribution in [0.2, 0.25) is 0 Å². The van der Waals surface area contributed by atoms with Crippen LogP contribution in [0.3, 0.4) is 0 Å². The number of piperidine rings is 1. The fourth-order valence-electron chi connectivity index (χ4n) is 2.87. The van der Waals surface area contributed by atoms with Gasteiger partial charge in [0, 0.05) is 25.4 Å². The van der Waals surface area contributed by atoms with Gasteiger partial charge in [0.25, 0.3) is 5.56 Å². The van der Waals surface area contributed by atoms with Crippen molar-refractivity contribution in [3.05, 3.63) is 46.5 Å². The van der Waals surface area contributed by atoms with Gasteiger partial charge in [-0.25, -0.2) is 4.98 Å². The van der Waals surface area contributed by atoms with Crippen molar-refractivity contribution in [2.45, 2.75) is 31.9 Å². The van der Waals surface area contributed by atoms with Crippen molar-refractivity contribution in [2.24, 2.45) is 0 Å². The fourth-order valence-corrected chi connectivity index (χ4v) is 2.87. The number of nitrogens with zero attached hydrogens (tertiary/aromatic N) is 3. The molecular weight excluding hydrogens is 254 g/mol. The second kappa shape index (κ2) is 5.00. The monoisotopic (exact) mass is 273 g/mol. The highest BCUT2D eigenvalue weighted by molar-refractivity contribution is 5.37. The molecule has 1 atom stereocenters. The first-order chi connectivity index (χ1) is 9.53. The summed E-state index contributed by atoms with van der Waals surface area (Å²) in [5.41, 5.74) is 0.733. The van der Waals surface area contributed by atoms with E-state index in [0.717, 1.165) is 25.1 Å². The van der Waals surface area contributed by atoms with Crippen molar-refractivity contribution in [2.75, 3.05) is 13.1 Å². The van der Waals surface area contributed by atoms with Crippen LogP contribution in [0.4, 0.5) is 0 Å². The molecule has 1 unspecified atom stereocenters. The summed E-state index contributed by atoms with van der Waals surface area (Å²) in [4.78, 5) is 18.7. The number of hydrogen-bond donors (Lipinski definition) is 1. The van der Waals surface area contributed by atoms with Crippen molar-refractivity contribution in [3.63, 3.8) is 0 Å². The van der Waals surface area contributed by atoms with Gasteiger partial charge < -0.3 is 5.11 Å². The molecule has 0 aromatic carbocycles. The van der Waals surface area contributed by atoms with Gasteiger partial charge in [0.2, 0.25) is 0 Å². The van der Waals surface area contributed by atoms with Gasteiger partial charge >= 0.3 is 0 Å². The van der Waals surface area contributed by atoms with E-state index in [-0.39, 0.29) is 5.56 Å². The molecule has 1 fully saturated rings. The third-order valence-corrected chi connectivity index (χ3v) is 3.76. The molecule has 1 saturated heterocycles. The molecule has 0 aliphatic carbocycles. The molecule has 106 valence electrons. The SMILES string of the molecule is CC1(O)CCCN(Cc2cc(=O)n3ccccc3n2)C1. The van der Waals surface area contributed by atoms with E-state index < -0.39 is 5.60 Å². The number of hydrogen-bond acceptors (Lipinski definition) is 4. The summed E-state index contributed by atoms with van der Waals surface area (Å²) in [6.07, 6.45) is 3.52. The second-order valence-corrected chi connectivity index (χ2v) is 5.83. The standard InChI is InChI=1S/C15H19N3O2/c1-15(20)6-4-7-17(11-15)10-12-9-14(19)18-8-3-2-5-13(18)16-12/h2-3,5,8-9,20H,4,6-7,10-11H2,1H3. The molecule has 2 aromatic rings. The highest BCUT2D eigenvalue weighted by Crippen LogP contribution is 2.21. The van der Waals surface area contributed by atoms with E-state index in [1.807, 2.05) is 25.1 Å². The van der Waals surface area contributed by atoms with Crippen LogP contribution in [0, 0.1) is 0 Å². The summed E-state index contributed by atoms with van der Waals surface area (Å²) < 4.78 is 1.54. The first kappa shape index (κ1) is 13.3. The largest absolute Gasteiger partial charge is 0.389 e. The number of aliphatic hydroxyl groups is 1. The van der Waals surface area contributed by atoms with Gasteiger partial charge in [0.15, 0.2) is 0 Å². The number of aromatic nitrogens is 2. The van der Waals surface area contributed by atoms with Crippen LogP contribution in [-0.2, 0) is 6.54 Å². The van der Waals surface area contributed by atoms with Crippen molar-refractivity contribution in [1.29, 1.82) is 0 Å². The summed E-state index contributed by atoms with van der Waals surface area (Å²) in [6.45, 7) is 4.04. The molecule has 3 rings (SSSR count). The number of pyridine rings is 1. The average Bonchev–Trinajstić information content (AvgIpc) is 2.37. The summed E-state index contributed by atoms with van der Waals surface area (Å²) in [5, 5.41) is 10.1. The van der Waals surface area contributed by atoms with Crippen molar-refractivity contribution in [3.8, 4) is 0 Å². The first-order valence-electron chi connectivity index (χ1n) is 6.96. The van der Waals surface area contributed by atoms with Gasteiger partial charge in [-0.1, -0.05) is 6.07 Å². The van der Waals surface area contributed by atoms with E-state index in [0.29, 0.717) is 18.7 Å². The molecule has 0 saturated carbocycles. The fraction of sp³-hybridized carbons (Fsp3) is 0.467. The van der Waals surface area contributed by atoms with Crippen molar-refractivity contribution >= 4 is 5.65 Å². The maximum atomic E-state index is 12.0. The Morgan fingerprint density at radius 3 is 3.10 bits per heavy atom. The molecule has 1 aliphatic heterocycles. The molecule has 0 spiro atoms. The maximum absolute atomic E-state index is 12.0. The Hall–Kier alpha value is -1.72. The molecule has 20 heavy (non-hydrogen) atoms. The lowest BCUT2D eigenvalue weighted by Gasteiger charge is -2.36. The predicted octanol–water partition coefficient (Wildman–Crippen LogP) is 1.04. The quantitative estimate of drug-likeness (QED) is 0.888. The number of β-amino-alcohol motifs (C(OH)–C–C–N with tert-alkyl or cyclic N) is 1. The molecular formula is C15H19N3O2. The number of likely N-dealkylation sites (tertiary alicyclic amines) is 1. The molecule has 2 aromatic heterocycles. The van der Waals surface area contributed by atoms with Crippen molar-refractivity contribution in [1.82, 2.24) is 14.3 Å². The Morgan fingerprint density at radius 2 is 2.30 bits per heavy atom. The highest BCUT2D eigenvalue weighted by Gasteiger charge is 2.28. The summed E-state index contributed by atoms with van der Waals surface area (Å²) in [7, 11) is 0. The Bertz CT molecular complexity index is 678. The third-order valence-electron chi connectivity index (χ3n) is 3.76. The zero-order chi connectivity index (χ0) is 14.2. The maximum Gasteiger partial charge on any atom is 0.258 e. The minimum absolute atomic E-state index is 0.0608. The van der Waals surface area contributed by atoms with Crippen LogP contribution < -0.4 is 5.56 Å². The van der Waals surface area contributed by atoms with Gasteiger partial charge in [-0.05, 0) is 38.4 Å². The predicted molar refractivity (Wildman–Crippen MR) is 76.6 cm³/mol. The van der Waals surface area contributed by atoms with E-state index in [1.54, 1.807) is 12.3 Å². The number of rotatable bonds is 2. The van der Waals surface area contributed by atoms with Crippen LogP contribution in [0.1, 0.15) is 25.5 Å². The molecule has 1 N–H and O–H groups in total. The smallest absolute Gasteiger partial charge is 0.258 e. The highest BCUT2D eigenvalue weighted by atomic mass is 16.3. The van der Waals surface area contributed by atoms with E-state index in [2.05, 4.69) is 9.88 Å². The van der Waals surface area contributed by atoms with Crippen LogP contribution in [0.25, 0.3) is 5.65 Å². The lowest BCUT2D eigenvalue weighted by atomic mass is 9.95. The molecule has 0 radical (unpaired) electrons. The molecule has 5 nitrogen and oxygen atoms in total. The van der Waals surface area contributed by atoms with Crippen LogP contribution >= 0.6 is 0 Å². The van der Waals surface area contributed by atoms with Gasteiger partial charge in [-0.15, -0.1) is 0 Å². The normalized spacial score (nSPS) is 24.1. The van der Waals surface area contributed by atoms with E-state index in [4.69, 9.17) is 0 Å². The average molecular weight is 273 g/mol. The molecule has 5 heteroatoms. The first-order valence-corrected chi connectivity index (χ1v) is 6.96. The Morgan fingerprint density at radius 1 is 1.45 bits per heavy atom. The number of fused-ring (bicyclic) bond motifs is 1. The topological polar surface area (TPSA) is 57.8 Å². The Labute approximate surface area is 117 Å². The summed E-state index contributed by atoms with van der Waals surface area (Å²) in [6, 6.07) is 7.10. The molecule has 0 bridgehead atoms.